The zero-order valence-corrected chi connectivity index (χ0v) is 8.22. The summed E-state index contributed by atoms with van der Waals surface area (Å²) < 4.78 is 12.1. The second-order valence-corrected chi connectivity index (χ2v) is 6.62. The van der Waals surface area contributed by atoms with E-state index in [9.17, 15) is 0 Å². The highest BCUT2D eigenvalue weighted by Gasteiger charge is 2.20. The molecule has 0 aromatic carbocycles. The topological polar surface area (TPSA) is 18.5 Å². The lowest BCUT2D eigenvalue weighted by Crippen LogP contribution is -2.16. The second kappa shape index (κ2) is 3.34. The highest BCUT2D eigenvalue weighted by molar-refractivity contribution is 14.2. The van der Waals surface area contributed by atoms with Crippen LogP contribution in [0.15, 0.2) is 11.5 Å². The van der Waals surface area contributed by atoms with E-state index in [0.29, 0.717) is 0 Å². The molecule has 10 heavy (non-hydrogen) atoms. The van der Waals surface area contributed by atoms with E-state index in [4.69, 9.17) is 9.47 Å². The highest BCUT2D eigenvalue weighted by Crippen LogP contribution is 2.32. The van der Waals surface area contributed by atoms with Crippen LogP contribution in [0.1, 0.15) is 0 Å². The summed E-state index contributed by atoms with van der Waals surface area (Å²) in [6, 6.07) is 0. The standard InChI is InChI=1S/C6H7IO2S/c1-4-10-7-5(1)6-8-2-3-9-6/h1,4,6H,2-3H2. The van der Waals surface area contributed by atoms with E-state index in [1.165, 1.54) is 3.51 Å². The predicted octanol–water partition coefficient (Wildman–Crippen LogP) is 1.68. The lowest BCUT2D eigenvalue weighted by Gasteiger charge is -2.05. The summed E-state index contributed by atoms with van der Waals surface area (Å²) in [5.41, 5.74) is 0. The van der Waals surface area contributed by atoms with Gasteiger partial charge < -0.3 is 9.47 Å². The number of halogens is 1. The van der Waals surface area contributed by atoms with Crippen LogP contribution in [0, 0.1) is 0 Å². The normalized spacial score (nSPS) is 26.6. The fraction of sp³-hybridized carbons (Fsp3) is 0.500. The highest BCUT2D eigenvalue weighted by atomic mass is 127. The molecule has 0 aromatic heterocycles. The minimum Gasteiger partial charge on any atom is -0.346 e. The first-order chi connectivity index (χ1) is 4.97. The molecule has 56 valence electrons. The molecule has 1 fully saturated rings. The molecule has 0 radical (unpaired) electrons. The molecule has 0 aromatic rings. The number of rotatable bonds is 1. The predicted molar refractivity (Wildman–Crippen MR) is 51.5 cm³/mol. The molecular formula is C6H7IO2S. The molecule has 0 amide bonds. The SMILES string of the molecule is C1=CC(C2OCCO2)=IS1. The van der Waals surface area contributed by atoms with Crippen molar-refractivity contribution in [3.8, 4) is 0 Å². The quantitative estimate of drug-likeness (QED) is 0.675. The average Bonchev–Trinajstić information content (AvgIpc) is 2.59. The summed E-state index contributed by atoms with van der Waals surface area (Å²) in [5, 5.41) is 2.13. The summed E-state index contributed by atoms with van der Waals surface area (Å²) >= 11 is 0.136. The van der Waals surface area contributed by atoms with Crippen LogP contribution in [-0.2, 0) is 9.47 Å². The van der Waals surface area contributed by atoms with Crippen molar-refractivity contribution >= 4 is 31.8 Å². The number of hydrogen-bond acceptors (Lipinski definition) is 3. The Labute approximate surface area is 72.2 Å². The van der Waals surface area contributed by atoms with E-state index in [0.717, 1.165) is 13.2 Å². The maximum Gasteiger partial charge on any atom is 0.189 e. The molecule has 2 heterocycles. The van der Waals surface area contributed by atoms with Gasteiger partial charge in [0.15, 0.2) is 6.29 Å². The second-order valence-electron chi connectivity index (χ2n) is 1.93. The Kier molecular flexibility index (Phi) is 2.43. The summed E-state index contributed by atoms with van der Waals surface area (Å²) in [6.07, 6.45) is 2.15. The Morgan fingerprint density at radius 3 is 2.90 bits per heavy atom. The molecule has 0 bridgehead atoms. The van der Waals surface area contributed by atoms with Gasteiger partial charge in [-0.05, 0) is 30.8 Å². The maximum atomic E-state index is 5.34. The summed E-state index contributed by atoms with van der Waals surface area (Å²) in [6.45, 7) is 1.52. The minimum atomic E-state index is 0.0130. The first-order valence-corrected chi connectivity index (χ1v) is 7.54. The third-order valence-corrected chi connectivity index (χ3v) is 5.80. The largest absolute Gasteiger partial charge is 0.346 e. The first-order valence-electron chi connectivity index (χ1n) is 3.04. The Balaban J connectivity index is 2.03. The van der Waals surface area contributed by atoms with E-state index in [1.807, 2.05) is 8.93 Å². The van der Waals surface area contributed by atoms with Crippen LogP contribution in [0.2, 0.25) is 0 Å². The number of ether oxygens (including phenoxy) is 2. The molecule has 0 N–H and O–H groups in total. The van der Waals surface area contributed by atoms with Gasteiger partial charge in [-0.15, -0.1) is 0 Å². The zero-order chi connectivity index (χ0) is 6.81. The molecule has 1 saturated heterocycles. The Morgan fingerprint density at radius 2 is 2.30 bits per heavy atom. The van der Waals surface area contributed by atoms with Crippen molar-refractivity contribution in [2.45, 2.75) is 6.29 Å². The van der Waals surface area contributed by atoms with Crippen molar-refractivity contribution in [1.82, 2.24) is 0 Å². The molecule has 0 aliphatic carbocycles. The Bertz CT molecular complexity index is 184. The molecule has 2 aliphatic rings. The van der Waals surface area contributed by atoms with Crippen molar-refractivity contribution < 1.29 is 9.47 Å². The summed E-state index contributed by atoms with van der Waals surface area (Å²) in [7, 11) is 1.90. The van der Waals surface area contributed by atoms with Crippen molar-refractivity contribution in [3.63, 3.8) is 0 Å². The molecule has 2 nitrogen and oxygen atoms in total. The third-order valence-electron chi connectivity index (χ3n) is 1.26. The van der Waals surface area contributed by atoms with Crippen molar-refractivity contribution in [1.29, 1.82) is 0 Å². The van der Waals surface area contributed by atoms with Crippen LogP contribution in [-0.4, -0.2) is 23.0 Å². The van der Waals surface area contributed by atoms with Crippen LogP contribution in [0.3, 0.4) is 0 Å². The molecule has 4 heteroatoms. The molecule has 2 rings (SSSR count). The van der Waals surface area contributed by atoms with Gasteiger partial charge in [0, 0.05) is 3.51 Å². The molecule has 0 saturated carbocycles. The van der Waals surface area contributed by atoms with Gasteiger partial charge >= 0.3 is 0 Å². The molecule has 2 aliphatic heterocycles. The monoisotopic (exact) mass is 270 g/mol. The fourth-order valence-corrected chi connectivity index (χ4v) is 4.91. The average molecular weight is 270 g/mol. The van der Waals surface area contributed by atoms with Gasteiger partial charge in [-0.3, -0.25) is 0 Å². The summed E-state index contributed by atoms with van der Waals surface area (Å²) in [4.78, 5) is 0. The first kappa shape index (κ1) is 7.27. The van der Waals surface area contributed by atoms with Crippen molar-refractivity contribution in [2.24, 2.45) is 0 Å². The van der Waals surface area contributed by atoms with Gasteiger partial charge in [0.1, 0.15) is 0 Å². The van der Waals surface area contributed by atoms with Gasteiger partial charge in [0.25, 0.3) is 0 Å². The fourth-order valence-electron chi connectivity index (χ4n) is 0.826. The van der Waals surface area contributed by atoms with Crippen molar-refractivity contribution in [2.75, 3.05) is 13.2 Å². The van der Waals surface area contributed by atoms with Gasteiger partial charge in [0.05, 0.1) is 13.2 Å². The van der Waals surface area contributed by atoms with Gasteiger partial charge in [-0.25, -0.2) is 0 Å². The minimum absolute atomic E-state index is 0.0130. The summed E-state index contributed by atoms with van der Waals surface area (Å²) in [5.74, 6) is 0. The third kappa shape index (κ3) is 1.44. The van der Waals surface area contributed by atoms with Crippen LogP contribution in [0.5, 0.6) is 0 Å². The van der Waals surface area contributed by atoms with Crippen LogP contribution >= 0.6 is 28.3 Å². The maximum absolute atomic E-state index is 5.34. The molecular weight excluding hydrogens is 263 g/mol. The van der Waals surface area contributed by atoms with Crippen LogP contribution in [0.25, 0.3) is 0 Å². The Hall–Kier alpha value is 0.610. The lowest BCUT2D eigenvalue weighted by atomic mass is 10.4. The smallest absolute Gasteiger partial charge is 0.189 e. The van der Waals surface area contributed by atoms with E-state index in [2.05, 4.69) is 11.5 Å². The zero-order valence-electron chi connectivity index (χ0n) is 5.25. The number of hydrogen-bond donors (Lipinski definition) is 0. The van der Waals surface area contributed by atoms with Crippen LogP contribution < -0.4 is 0 Å². The van der Waals surface area contributed by atoms with Crippen molar-refractivity contribution in [3.05, 3.63) is 11.5 Å². The molecule has 0 atom stereocenters. The molecule has 0 unspecified atom stereocenters. The van der Waals surface area contributed by atoms with E-state index in [-0.39, 0.29) is 25.6 Å². The van der Waals surface area contributed by atoms with E-state index < -0.39 is 0 Å². The van der Waals surface area contributed by atoms with Gasteiger partial charge in [0.2, 0.25) is 0 Å². The molecule has 0 spiro atoms. The van der Waals surface area contributed by atoms with E-state index in [1.54, 1.807) is 0 Å². The Morgan fingerprint density at radius 1 is 1.50 bits per heavy atom. The lowest BCUT2D eigenvalue weighted by molar-refractivity contribution is 0.0179. The van der Waals surface area contributed by atoms with Gasteiger partial charge in [-0.2, -0.15) is 0 Å². The van der Waals surface area contributed by atoms with E-state index >= 15 is 0 Å². The van der Waals surface area contributed by atoms with Gasteiger partial charge in [-0.1, -0.05) is 8.93 Å². The van der Waals surface area contributed by atoms with Crippen LogP contribution in [0.4, 0.5) is 0 Å².